The van der Waals surface area contributed by atoms with Gasteiger partial charge >= 0.3 is 0 Å². The molecule has 5 heteroatoms. The van der Waals surface area contributed by atoms with E-state index in [0.29, 0.717) is 0 Å². The number of nitrogens with zero attached hydrogens (tertiary/aromatic N) is 1. The smallest absolute Gasteiger partial charge is 0.135 e. The van der Waals surface area contributed by atoms with Gasteiger partial charge in [-0.3, -0.25) is 0 Å². The molecule has 3 rings (SSSR count). The number of pyridine rings is 1. The maximum Gasteiger partial charge on any atom is 0.135 e. The van der Waals surface area contributed by atoms with Crippen molar-refractivity contribution in [1.29, 1.82) is 0 Å². The molecule has 0 N–H and O–H groups in total. The molecule has 1 heterocycles. The highest BCUT2D eigenvalue weighted by Gasteiger charge is 2.08. The molecule has 0 aliphatic rings. The van der Waals surface area contributed by atoms with Gasteiger partial charge in [-0.1, -0.05) is 15.9 Å². The second-order valence-corrected chi connectivity index (χ2v) is 6.75. The highest BCUT2D eigenvalue weighted by Crippen LogP contribution is 2.33. The third kappa shape index (κ3) is 2.39. The molecule has 2 nitrogen and oxygen atoms in total. The molecule has 0 radical (unpaired) electrons. The van der Waals surface area contributed by atoms with Crippen LogP contribution in [-0.2, 0) is 0 Å². The second-order valence-electron chi connectivity index (χ2n) is 4.13. The van der Waals surface area contributed by atoms with Gasteiger partial charge in [0.25, 0.3) is 0 Å². The minimum atomic E-state index is 0.785. The zero-order valence-electron chi connectivity index (χ0n) is 9.88. The Hall–Kier alpha value is -0.650. The molecule has 96 valence electrons. The lowest BCUT2D eigenvalue weighted by Crippen LogP contribution is -1.88. The van der Waals surface area contributed by atoms with Crippen LogP contribution in [0.25, 0.3) is 21.8 Å². The van der Waals surface area contributed by atoms with Crippen LogP contribution < -0.4 is 4.74 Å². The first-order valence-electron chi connectivity index (χ1n) is 5.51. The molecule has 0 atom stereocenters. The van der Waals surface area contributed by atoms with E-state index in [4.69, 9.17) is 9.72 Å². The zero-order valence-corrected chi connectivity index (χ0v) is 14.6. The van der Waals surface area contributed by atoms with Crippen molar-refractivity contribution < 1.29 is 4.74 Å². The number of methoxy groups -OCH3 is 1. The second kappa shape index (κ2) is 5.04. The van der Waals surface area contributed by atoms with Crippen molar-refractivity contribution in [2.24, 2.45) is 0 Å². The third-order valence-electron chi connectivity index (χ3n) is 2.90. The van der Waals surface area contributed by atoms with Crippen LogP contribution in [0, 0.1) is 0 Å². The van der Waals surface area contributed by atoms with Crippen LogP contribution in [0.15, 0.2) is 43.7 Å². The van der Waals surface area contributed by atoms with Crippen molar-refractivity contribution in [3.63, 3.8) is 0 Å². The van der Waals surface area contributed by atoms with Gasteiger partial charge in [0, 0.05) is 25.8 Å². The monoisotopic (exact) mass is 443 g/mol. The topological polar surface area (TPSA) is 22.1 Å². The Kier molecular flexibility index (Phi) is 3.53. The normalized spacial score (nSPS) is 11.2. The third-order valence-corrected chi connectivity index (χ3v) is 4.58. The van der Waals surface area contributed by atoms with E-state index in [0.717, 1.165) is 41.0 Å². The lowest BCUT2D eigenvalue weighted by molar-refractivity contribution is 0.412. The first-order chi connectivity index (χ1) is 9.08. The first-order valence-corrected chi connectivity index (χ1v) is 7.89. The lowest BCUT2D eigenvalue weighted by atomic mass is 10.1. The predicted molar refractivity (Wildman–Crippen MR) is 88.9 cm³/mol. The Morgan fingerprint density at radius 2 is 1.68 bits per heavy atom. The van der Waals surface area contributed by atoms with Crippen LogP contribution in [0.3, 0.4) is 0 Å². The summed E-state index contributed by atoms with van der Waals surface area (Å²) in [5, 5.41) is 2.16. The van der Waals surface area contributed by atoms with Crippen molar-refractivity contribution in [2.45, 2.75) is 0 Å². The Labute approximate surface area is 135 Å². The van der Waals surface area contributed by atoms with Gasteiger partial charge in [-0.15, -0.1) is 0 Å². The van der Waals surface area contributed by atoms with Gasteiger partial charge in [-0.25, -0.2) is 4.98 Å². The van der Waals surface area contributed by atoms with Crippen LogP contribution in [0.4, 0.5) is 0 Å². The summed E-state index contributed by atoms with van der Waals surface area (Å²) in [4.78, 5) is 4.70. The van der Waals surface area contributed by atoms with E-state index >= 15 is 0 Å². The molecule has 0 aliphatic heterocycles. The maximum atomic E-state index is 5.31. The van der Waals surface area contributed by atoms with Gasteiger partial charge in [0.15, 0.2) is 0 Å². The van der Waals surface area contributed by atoms with E-state index in [9.17, 15) is 0 Å². The predicted octanol–water partition coefficient (Wildman–Crippen LogP) is 5.68. The van der Waals surface area contributed by atoms with Crippen molar-refractivity contribution in [3.8, 4) is 5.75 Å². The molecule has 0 saturated carbocycles. The number of aromatic nitrogens is 1. The molecule has 0 aliphatic carbocycles. The fourth-order valence-electron chi connectivity index (χ4n) is 2.03. The number of ether oxygens (including phenoxy) is 1. The number of halogens is 3. The maximum absolute atomic E-state index is 5.31. The molecule has 0 spiro atoms. The Bertz CT molecular complexity index is 802. The van der Waals surface area contributed by atoms with Crippen LogP contribution in [-0.4, -0.2) is 12.1 Å². The number of benzene rings is 2. The average Bonchev–Trinajstić information content (AvgIpc) is 2.36. The van der Waals surface area contributed by atoms with Crippen LogP contribution in [0.2, 0.25) is 0 Å². The fraction of sp³-hybridized carbons (Fsp3) is 0.0714. The van der Waals surface area contributed by atoms with E-state index < -0.39 is 0 Å². The number of hydrogen-bond donors (Lipinski definition) is 0. The molecule has 2 aromatic carbocycles. The molecule has 0 saturated heterocycles. The van der Waals surface area contributed by atoms with E-state index in [-0.39, 0.29) is 0 Å². The minimum absolute atomic E-state index is 0.785. The Balaban J connectivity index is 2.41. The van der Waals surface area contributed by atoms with E-state index in [1.807, 2.05) is 18.2 Å². The quantitative estimate of drug-likeness (QED) is 0.449. The lowest BCUT2D eigenvalue weighted by Gasteiger charge is -2.08. The van der Waals surface area contributed by atoms with Crippen LogP contribution >= 0.6 is 47.8 Å². The van der Waals surface area contributed by atoms with E-state index in [2.05, 4.69) is 59.9 Å². The summed E-state index contributed by atoms with van der Waals surface area (Å²) in [6.45, 7) is 0. The number of fused-ring (bicyclic) bond motifs is 2. The summed E-state index contributed by atoms with van der Waals surface area (Å²) in [6.07, 6.45) is 0. The Morgan fingerprint density at radius 3 is 2.42 bits per heavy atom. The molecule has 1 aromatic heterocycles. The van der Waals surface area contributed by atoms with Gasteiger partial charge in [0.1, 0.15) is 5.75 Å². The molecule has 0 bridgehead atoms. The van der Waals surface area contributed by atoms with Crippen LogP contribution in [0.1, 0.15) is 0 Å². The molecule has 19 heavy (non-hydrogen) atoms. The summed E-state index contributed by atoms with van der Waals surface area (Å²) < 4.78 is 8.24. The highest BCUT2D eigenvalue weighted by molar-refractivity contribution is 9.11. The number of hydrogen-bond acceptors (Lipinski definition) is 2. The summed E-state index contributed by atoms with van der Waals surface area (Å²) in [5.74, 6) is 0.785. The minimum Gasteiger partial charge on any atom is -0.495 e. The summed E-state index contributed by atoms with van der Waals surface area (Å²) in [5.41, 5.74) is 1.86. The number of rotatable bonds is 1. The molecular formula is C14H8Br3NO. The first kappa shape index (κ1) is 13.3. The fourth-order valence-corrected chi connectivity index (χ4v) is 3.90. The van der Waals surface area contributed by atoms with Crippen molar-refractivity contribution in [2.75, 3.05) is 7.11 Å². The van der Waals surface area contributed by atoms with Crippen LogP contribution in [0.5, 0.6) is 5.75 Å². The summed E-state index contributed by atoms with van der Waals surface area (Å²) in [7, 11) is 1.65. The van der Waals surface area contributed by atoms with Gasteiger partial charge in [0.2, 0.25) is 0 Å². The van der Waals surface area contributed by atoms with Gasteiger partial charge in [-0.2, -0.15) is 0 Å². The van der Waals surface area contributed by atoms with Gasteiger partial charge < -0.3 is 4.74 Å². The molecular weight excluding hydrogens is 438 g/mol. The average molecular weight is 446 g/mol. The SMILES string of the molecule is COc1cc2nc3c(Br)cc(Br)cc3cc2cc1Br. The Morgan fingerprint density at radius 1 is 0.895 bits per heavy atom. The van der Waals surface area contributed by atoms with Crippen molar-refractivity contribution in [3.05, 3.63) is 43.7 Å². The molecule has 3 aromatic rings. The van der Waals surface area contributed by atoms with Gasteiger partial charge in [-0.05, 0) is 56.1 Å². The standard InChI is InChI=1S/C14H8Br3NO/c1-19-13-6-12-7(4-10(13)16)2-8-3-9(15)5-11(17)14(8)18-12/h2-6H,1H3. The van der Waals surface area contributed by atoms with E-state index in [1.54, 1.807) is 7.11 Å². The van der Waals surface area contributed by atoms with Crippen molar-refractivity contribution in [1.82, 2.24) is 4.98 Å². The van der Waals surface area contributed by atoms with Crippen molar-refractivity contribution >= 4 is 69.6 Å². The van der Waals surface area contributed by atoms with E-state index in [1.165, 1.54) is 0 Å². The largest absolute Gasteiger partial charge is 0.495 e. The highest BCUT2D eigenvalue weighted by atomic mass is 79.9. The molecule has 0 fully saturated rings. The molecule has 0 amide bonds. The molecule has 0 unspecified atom stereocenters. The van der Waals surface area contributed by atoms with Gasteiger partial charge in [0.05, 0.1) is 22.6 Å². The zero-order chi connectivity index (χ0) is 13.6. The summed E-state index contributed by atoms with van der Waals surface area (Å²) in [6, 6.07) is 10.1. The summed E-state index contributed by atoms with van der Waals surface area (Å²) >= 11 is 10.5.